The summed E-state index contributed by atoms with van der Waals surface area (Å²) in [6.07, 6.45) is 25.2. The summed E-state index contributed by atoms with van der Waals surface area (Å²) < 4.78 is 3.83. The molecule has 0 bridgehead atoms. The molecule has 0 atom stereocenters. The average Bonchev–Trinajstić information content (AvgIpc) is 1.52. The Hall–Kier alpha value is -15.6. The second kappa shape index (κ2) is 37.4. The zero-order valence-electron chi connectivity index (χ0n) is 65.1. The number of carbonyl (C=O) groups is 5. The van der Waals surface area contributed by atoms with Crippen LogP contribution < -0.4 is 42.5 Å². The highest BCUT2D eigenvalue weighted by Crippen LogP contribution is 2.31. The minimum atomic E-state index is -0.275. The molecule has 0 unspecified atom stereocenters. The van der Waals surface area contributed by atoms with Gasteiger partial charge in [-0.25, -0.2) is 39.9 Å². The molecular weight excluding hydrogens is 1460 g/mol. The Labute approximate surface area is 670 Å². The average molecular weight is 1540 g/mol. The van der Waals surface area contributed by atoms with Gasteiger partial charge in [-0.05, 0) is 252 Å². The first-order chi connectivity index (χ1) is 56.1. The Morgan fingerprint density at radius 2 is 0.871 bits per heavy atom. The second-order valence-electron chi connectivity index (χ2n) is 26.9. The number of nitrogens with zero attached hydrogens (tertiary/aromatic N) is 13. The fourth-order valence-corrected chi connectivity index (χ4v) is 12.1. The molecule has 0 aliphatic carbocycles. The van der Waals surface area contributed by atoms with Gasteiger partial charge in [0.2, 0.25) is 29.7 Å². The summed E-state index contributed by atoms with van der Waals surface area (Å²) in [5.74, 6) is 0.776. The molecule has 0 saturated carbocycles. The van der Waals surface area contributed by atoms with Gasteiger partial charge >= 0.3 is 0 Å². The number of nitrogens with one attached hydrogen (secondary N) is 8. The van der Waals surface area contributed by atoms with E-state index in [1.165, 1.54) is 12.2 Å². The smallest absolute Gasteiger partial charge is 0.255 e. The van der Waals surface area contributed by atoms with E-state index < -0.39 is 0 Å². The largest absolute Gasteiger partial charge is 0.348 e. The van der Waals surface area contributed by atoms with Crippen LogP contribution in [0.4, 0.5) is 52.0 Å². The highest BCUT2D eigenvalue weighted by atomic mass is 16.2. The number of hydrogen-bond donors (Lipinski definition) is 8. The predicted molar refractivity (Wildman–Crippen MR) is 454 cm³/mol. The van der Waals surface area contributed by atoms with Gasteiger partial charge in [0.15, 0.2) is 0 Å². The zero-order chi connectivity index (χ0) is 81.8. The summed E-state index contributed by atoms with van der Waals surface area (Å²) in [6.45, 7) is 27.1. The Morgan fingerprint density at radius 3 is 1.30 bits per heavy atom. The molecule has 26 heteroatoms. The molecule has 6 aromatic carbocycles. The number of pyridine rings is 3. The molecule has 8 N–H and O–H groups in total. The van der Waals surface area contributed by atoms with Gasteiger partial charge in [0.25, 0.3) is 17.7 Å². The lowest BCUT2D eigenvalue weighted by Crippen LogP contribution is -2.22. The number of aromatic nitrogens is 13. The standard InChI is InChI=1S/C32H30N8O2.C30H27N7O.C28H26N6O2/c1-5-30(41)35-17-26-21(3)13-25(15-29(26)40-18-22(4)36-19-40)37-31(42)23-9-8-20(2)28(14-23)39-32-34-12-10-27(38-32)24-7-6-11-33-16-24;1-5-28-33-21(4)18-37(28)25-14-19(2)13-24(16-25)34-29(38)22-9-8-20(3)27(15-22)36-30-32-12-10-26(35-30)23-7-6-11-31-17-23;1-4-26(35)31-17-21-9-10-23(14-19(21)3)32-27(36)20-8-7-18(2)25(15-20)34-28-30-13-11-24(33-28)22-6-5-12-29-16-22/h5-16,18-19H,1,17H2,2-4H3,(H,35,41)(H,37,42)(H,34,38,39);5-18H,1H2,2-4H3,(H,34,38)(H,32,35,36);4-16H,1,17H2,2-3H3,(H,31,35)(H,32,36)(H,30,33,34). The first-order valence-corrected chi connectivity index (χ1v) is 36.8. The third kappa shape index (κ3) is 20.9. The van der Waals surface area contributed by atoms with E-state index in [1.807, 2.05) is 198 Å². The van der Waals surface area contributed by atoms with E-state index in [-0.39, 0.29) is 29.5 Å². The molecular formula is C90H83N21O5. The van der Waals surface area contributed by atoms with Crippen molar-refractivity contribution < 1.29 is 24.0 Å². The Kier molecular flexibility index (Phi) is 25.8. The zero-order valence-corrected chi connectivity index (χ0v) is 65.1. The monoisotopic (exact) mass is 1540 g/mol. The van der Waals surface area contributed by atoms with Crippen molar-refractivity contribution in [1.82, 2.24) is 74.6 Å². The van der Waals surface area contributed by atoms with Crippen LogP contribution in [-0.2, 0) is 22.7 Å². The number of rotatable bonds is 24. The van der Waals surface area contributed by atoms with E-state index in [4.69, 9.17) is 0 Å². The molecule has 0 fully saturated rings. The van der Waals surface area contributed by atoms with E-state index in [2.05, 4.69) is 117 Å². The quantitative estimate of drug-likeness (QED) is 0.0261. The van der Waals surface area contributed by atoms with Crippen LogP contribution in [-0.4, -0.2) is 93.5 Å². The van der Waals surface area contributed by atoms with E-state index >= 15 is 0 Å². The number of hydrogen-bond acceptors (Lipinski definition) is 19. The van der Waals surface area contributed by atoms with Crippen molar-refractivity contribution in [3.63, 3.8) is 0 Å². The maximum Gasteiger partial charge on any atom is 0.255 e. The minimum Gasteiger partial charge on any atom is -0.348 e. The minimum absolute atomic E-state index is 0.222. The SMILES string of the molecule is C=CC(=O)NCc1c(C)cc(NC(=O)c2ccc(C)c(Nc3nccc(-c4cccnc4)n3)c2)cc1-n1cnc(C)c1.C=CC(=O)NCc1ccc(NC(=O)c2ccc(C)c(Nc3nccc(-c4cccnc4)n3)c2)cc1C.C=Cc1nc(C)cn1-c1cc(C)cc(NC(=O)c2ccc(C)c(Nc3nccc(-c4cccnc4)n3)c2)c1. The summed E-state index contributed by atoms with van der Waals surface area (Å²) in [5.41, 5.74) is 21.5. The van der Waals surface area contributed by atoms with Gasteiger partial charge in [0, 0.05) is 154 Å². The van der Waals surface area contributed by atoms with Gasteiger partial charge in [-0.1, -0.05) is 44.0 Å². The number of amides is 5. The third-order valence-corrected chi connectivity index (χ3v) is 18.3. The first-order valence-electron chi connectivity index (χ1n) is 36.8. The molecule has 0 spiro atoms. The van der Waals surface area contributed by atoms with E-state index in [0.29, 0.717) is 70.4 Å². The van der Waals surface area contributed by atoms with Crippen molar-refractivity contribution >= 4 is 87.6 Å². The van der Waals surface area contributed by atoms with Crippen molar-refractivity contribution in [2.75, 3.05) is 31.9 Å². The number of anilines is 9. The van der Waals surface area contributed by atoms with Gasteiger partial charge < -0.3 is 47.1 Å². The molecule has 5 amide bonds. The van der Waals surface area contributed by atoms with Crippen molar-refractivity contribution in [3.8, 4) is 45.1 Å². The molecule has 26 nitrogen and oxygen atoms in total. The molecule has 578 valence electrons. The Balaban J connectivity index is 0.000000161. The van der Waals surface area contributed by atoms with Crippen LogP contribution in [0.5, 0.6) is 0 Å². The van der Waals surface area contributed by atoms with Gasteiger partial charge in [-0.15, -0.1) is 0 Å². The van der Waals surface area contributed by atoms with Gasteiger partial charge in [-0.2, -0.15) is 0 Å². The summed E-state index contributed by atoms with van der Waals surface area (Å²) in [5, 5.41) is 24.3. The van der Waals surface area contributed by atoms with Crippen LogP contribution in [0.1, 0.15) is 92.8 Å². The lowest BCUT2D eigenvalue weighted by Gasteiger charge is -2.17. The van der Waals surface area contributed by atoms with Gasteiger partial charge in [0.05, 0.1) is 40.5 Å². The number of benzene rings is 6. The van der Waals surface area contributed by atoms with E-state index in [0.717, 1.165) is 118 Å². The maximum atomic E-state index is 13.4. The molecule has 0 saturated heterocycles. The van der Waals surface area contributed by atoms with Crippen molar-refractivity contribution in [2.24, 2.45) is 0 Å². The Bertz CT molecular complexity index is 5990. The maximum absolute atomic E-state index is 13.4. The normalized spacial score (nSPS) is 10.6. The summed E-state index contributed by atoms with van der Waals surface area (Å²) in [4.78, 5) is 111. The highest BCUT2D eigenvalue weighted by Gasteiger charge is 2.19. The molecule has 0 radical (unpaired) electrons. The summed E-state index contributed by atoms with van der Waals surface area (Å²) >= 11 is 0. The lowest BCUT2D eigenvalue weighted by molar-refractivity contribution is -0.117. The second-order valence-corrected chi connectivity index (χ2v) is 26.9. The van der Waals surface area contributed by atoms with E-state index in [9.17, 15) is 24.0 Å². The topological polar surface area (TPSA) is 333 Å². The van der Waals surface area contributed by atoms with Crippen LogP contribution in [0.25, 0.3) is 51.2 Å². The van der Waals surface area contributed by atoms with Crippen LogP contribution >= 0.6 is 0 Å². The summed E-state index contributed by atoms with van der Waals surface area (Å²) in [6, 6.07) is 48.4. The molecule has 116 heavy (non-hydrogen) atoms. The molecule has 8 heterocycles. The van der Waals surface area contributed by atoms with Crippen LogP contribution in [0.15, 0.2) is 264 Å². The fraction of sp³-hybridized carbons (Fsp3) is 0.111. The number of carbonyl (C=O) groups excluding carboxylic acids is 5. The molecule has 0 aliphatic heterocycles. The fourth-order valence-electron chi connectivity index (χ4n) is 12.1. The number of aryl methyl sites for hydroxylation is 8. The number of imidazole rings is 2. The molecule has 8 aromatic heterocycles. The molecule has 0 aliphatic rings. The predicted octanol–water partition coefficient (Wildman–Crippen LogP) is 16.7. The Morgan fingerprint density at radius 1 is 0.414 bits per heavy atom. The van der Waals surface area contributed by atoms with Gasteiger partial charge in [-0.3, -0.25) is 43.5 Å². The summed E-state index contributed by atoms with van der Waals surface area (Å²) in [7, 11) is 0. The third-order valence-electron chi connectivity index (χ3n) is 18.3. The van der Waals surface area contributed by atoms with Crippen molar-refractivity contribution in [1.29, 1.82) is 0 Å². The highest BCUT2D eigenvalue weighted by molar-refractivity contribution is 6.07. The lowest BCUT2D eigenvalue weighted by atomic mass is 10.0. The molecule has 14 aromatic rings. The van der Waals surface area contributed by atoms with Crippen molar-refractivity contribution in [3.05, 3.63) is 343 Å². The van der Waals surface area contributed by atoms with E-state index in [1.54, 1.807) is 105 Å². The van der Waals surface area contributed by atoms with Crippen molar-refractivity contribution in [2.45, 2.75) is 68.5 Å². The van der Waals surface area contributed by atoms with Crippen LogP contribution in [0.3, 0.4) is 0 Å². The van der Waals surface area contributed by atoms with Gasteiger partial charge in [0.1, 0.15) is 5.82 Å². The molecule has 14 rings (SSSR count). The van der Waals surface area contributed by atoms with Crippen LogP contribution in [0.2, 0.25) is 0 Å². The first kappa shape index (κ1) is 79.9. The van der Waals surface area contributed by atoms with Crippen LogP contribution in [0, 0.1) is 55.4 Å².